The Balaban J connectivity index is 1.25. The number of amides is 1. The van der Waals surface area contributed by atoms with Crippen LogP contribution in [0.2, 0.25) is 0 Å². The molecule has 0 aromatic carbocycles. The number of fused-ring (bicyclic) bond motifs is 1. The van der Waals surface area contributed by atoms with Crippen molar-refractivity contribution in [1.82, 2.24) is 35.2 Å². The van der Waals surface area contributed by atoms with Crippen molar-refractivity contribution in [3.05, 3.63) is 58.8 Å². The van der Waals surface area contributed by atoms with Crippen molar-refractivity contribution in [2.24, 2.45) is 0 Å². The maximum Gasteiger partial charge on any atom is 0.270 e. The van der Waals surface area contributed by atoms with E-state index in [0.29, 0.717) is 29.8 Å². The highest BCUT2D eigenvalue weighted by Gasteiger charge is 2.25. The Morgan fingerprint density at radius 3 is 3.00 bits per heavy atom. The predicted molar refractivity (Wildman–Crippen MR) is 110 cm³/mol. The van der Waals surface area contributed by atoms with Gasteiger partial charge in [-0.05, 0) is 30.4 Å². The second-order valence-corrected chi connectivity index (χ2v) is 8.53. The van der Waals surface area contributed by atoms with Gasteiger partial charge < -0.3 is 15.5 Å². The molecule has 4 heterocycles. The molecule has 2 aliphatic rings. The number of likely N-dealkylation sites (N-methyl/N-ethyl adjacent to an activating group) is 1. The van der Waals surface area contributed by atoms with Crippen LogP contribution >= 0.6 is 11.3 Å². The molecule has 0 saturated heterocycles. The fourth-order valence-corrected chi connectivity index (χ4v) is 4.06. The number of thiazole rings is 1. The number of nitrogen functional groups attached to an aromatic ring is 1. The molecule has 1 fully saturated rings. The average Bonchev–Trinajstić information content (AvgIpc) is 3.18. The number of hydrazine groups is 2. The van der Waals surface area contributed by atoms with Crippen LogP contribution in [0.4, 0.5) is 5.13 Å². The molecule has 9 nitrogen and oxygen atoms in total. The zero-order valence-corrected chi connectivity index (χ0v) is 16.8. The maximum atomic E-state index is 12.5. The number of aromatic nitrogens is 3. The number of nitrogens with one attached hydrogen (secondary N) is 2. The summed E-state index contributed by atoms with van der Waals surface area (Å²) in [6.07, 6.45) is 10.2. The van der Waals surface area contributed by atoms with E-state index in [1.165, 1.54) is 29.7 Å². The smallest absolute Gasteiger partial charge is 0.270 e. The van der Waals surface area contributed by atoms with E-state index in [0.717, 1.165) is 16.2 Å². The lowest BCUT2D eigenvalue weighted by Gasteiger charge is -2.19. The molecule has 1 aliphatic carbocycles. The van der Waals surface area contributed by atoms with Crippen LogP contribution in [0.5, 0.6) is 0 Å². The number of hydrogen-bond donors (Lipinski definition) is 3. The molecular formula is C19H22N8OS. The summed E-state index contributed by atoms with van der Waals surface area (Å²) in [5, 5.41) is 6.93. The summed E-state index contributed by atoms with van der Waals surface area (Å²) in [4.78, 5) is 22.1. The zero-order chi connectivity index (χ0) is 20.0. The van der Waals surface area contributed by atoms with Gasteiger partial charge in [0.1, 0.15) is 11.3 Å². The Hall–Kier alpha value is -3.11. The molecule has 10 heteroatoms. The first kappa shape index (κ1) is 18.0. The van der Waals surface area contributed by atoms with Crippen molar-refractivity contribution < 1.29 is 4.79 Å². The summed E-state index contributed by atoms with van der Waals surface area (Å²) in [5.74, 6) is 0.545. The summed E-state index contributed by atoms with van der Waals surface area (Å²) in [6.45, 7) is 0.946. The van der Waals surface area contributed by atoms with Crippen LogP contribution in [0.3, 0.4) is 0 Å². The minimum Gasteiger partial charge on any atom is -0.375 e. The summed E-state index contributed by atoms with van der Waals surface area (Å²) < 4.78 is 2.08. The number of pyridine rings is 1. The Morgan fingerprint density at radius 1 is 1.38 bits per heavy atom. The standard InChI is InChI=1S/C19H22N8OS/c1-25-16(18(28)21-6-15-7-22-19(20)29-15)11-27(24-25)10-14-9-26-8-13(12-2-3-12)4-5-17(26)23-14/h4-5,7-9,11-12,24H,2-3,6,10H2,1H3,(H2,20,22)(H,21,28). The Morgan fingerprint density at radius 2 is 2.24 bits per heavy atom. The second kappa shape index (κ2) is 7.05. The van der Waals surface area contributed by atoms with E-state index in [1.54, 1.807) is 17.4 Å². The molecule has 0 spiro atoms. The molecule has 0 radical (unpaired) electrons. The quantitative estimate of drug-likeness (QED) is 0.567. The van der Waals surface area contributed by atoms with Gasteiger partial charge in [0, 0.05) is 36.7 Å². The van der Waals surface area contributed by atoms with Gasteiger partial charge in [0.05, 0.1) is 18.8 Å². The lowest BCUT2D eigenvalue weighted by molar-refractivity contribution is -0.119. The third kappa shape index (κ3) is 3.76. The van der Waals surface area contributed by atoms with Gasteiger partial charge in [-0.1, -0.05) is 6.07 Å². The molecule has 3 aromatic rings. The monoisotopic (exact) mass is 410 g/mol. The van der Waals surface area contributed by atoms with E-state index < -0.39 is 0 Å². The molecule has 0 atom stereocenters. The molecule has 4 N–H and O–H groups in total. The summed E-state index contributed by atoms with van der Waals surface area (Å²) >= 11 is 1.37. The summed E-state index contributed by atoms with van der Waals surface area (Å²) in [6, 6.07) is 4.24. The summed E-state index contributed by atoms with van der Waals surface area (Å²) in [5.41, 5.74) is 12.5. The Kier molecular flexibility index (Phi) is 4.36. The van der Waals surface area contributed by atoms with Crippen LogP contribution in [-0.4, -0.2) is 37.3 Å². The van der Waals surface area contributed by atoms with Crippen LogP contribution in [-0.2, 0) is 17.9 Å². The number of nitrogens with zero attached hydrogens (tertiary/aromatic N) is 5. The highest BCUT2D eigenvalue weighted by atomic mass is 32.1. The van der Waals surface area contributed by atoms with E-state index in [-0.39, 0.29) is 5.91 Å². The van der Waals surface area contributed by atoms with Gasteiger partial charge in [0.15, 0.2) is 5.13 Å². The molecular weight excluding hydrogens is 388 g/mol. The van der Waals surface area contributed by atoms with Crippen LogP contribution < -0.4 is 16.6 Å². The van der Waals surface area contributed by atoms with Crippen molar-refractivity contribution in [2.45, 2.75) is 31.8 Å². The Labute approximate surface area is 171 Å². The molecule has 0 unspecified atom stereocenters. The number of carbonyl (C=O) groups excluding carboxylic acids is 1. The third-order valence-electron chi connectivity index (χ3n) is 5.05. The maximum absolute atomic E-state index is 12.5. The van der Waals surface area contributed by atoms with Crippen LogP contribution in [0.15, 0.2) is 42.6 Å². The molecule has 29 heavy (non-hydrogen) atoms. The SMILES string of the molecule is CN1NN(Cc2cn3cc(C4CC4)ccc3n2)C=C1C(=O)NCc1cnc(N)s1. The first-order valence-electron chi connectivity index (χ1n) is 9.49. The van der Waals surface area contributed by atoms with E-state index in [9.17, 15) is 4.79 Å². The van der Waals surface area contributed by atoms with Gasteiger partial charge in [0.2, 0.25) is 0 Å². The fourth-order valence-electron chi connectivity index (χ4n) is 3.43. The first-order chi connectivity index (χ1) is 14.0. The summed E-state index contributed by atoms with van der Waals surface area (Å²) in [7, 11) is 1.81. The van der Waals surface area contributed by atoms with Gasteiger partial charge >= 0.3 is 0 Å². The number of nitrogens with two attached hydrogens (primary N) is 1. The Bertz CT molecular complexity index is 1100. The fraction of sp³-hybridized carbons (Fsp3) is 0.316. The lowest BCUT2D eigenvalue weighted by Crippen LogP contribution is -2.40. The molecule has 3 aromatic heterocycles. The number of imidazole rings is 1. The first-order valence-corrected chi connectivity index (χ1v) is 10.3. The normalized spacial score (nSPS) is 16.5. The van der Waals surface area contributed by atoms with Crippen LogP contribution in [0.1, 0.15) is 34.9 Å². The highest BCUT2D eigenvalue weighted by molar-refractivity contribution is 7.15. The predicted octanol–water partition coefficient (Wildman–Crippen LogP) is 1.58. The number of carbonyl (C=O) groups is 1. The largest absolute Gasteiger partial charge is 0.375 e. The van der Waals surface area contributed by atoms with Crippen LogP contribution in [0.25, 0.3) is 5.65 Å². The van der Waals surface area contributed by atoms with E-state index in [1.807, 2.05) is 18.3 Å². The van der Waals surface area contributed by atoms with E-state index in [2.05, 4.69) is 43.5 Å². The minimum absolute atomic E-state index is 0.168. The van der Waals surface area contributed by atoms with Gasteiger partial charge in [-0.25, -0.2) is 9.97 Å². The van der Waals surface area contributed by atoms with Crippen molar-refractivity contribution in [2.75, 3.05) is 12.8 Å². The third-order valence-corrected chi connectivity index (χ3v) is 5.88. The number of hydrogen-bond acceptors (Lipinski definition) is 8. The van der Waals surface area contributed by atoms with Gasteiger partial charge in [-0.2, -0.15) is 0 Å². The molecule has 150 valence electrons. The van der Waals surface area contributed by atoms with Gasteiger partial charge in [-0.3, -0.25) is 14.8 Å². The molecule has 1 saturated carbocycles. The molecule has 5 rings (SSSR count). The molecule has 1 amide bonds. The lowest BCUT2D eigenvalue weighted by atomic mass is 10.2. The van der Waals surface area contributed by atoms with Crippen molar-refractivity contribution in [3.63, 3.8) is 0 Å². The highest BCUT2D eigenvalue weighted by Crippen LogP contribution is 2.39. The van der Waals surface area contributed by atoms with E-state index >= 15 is 0 Å². The minimum atomic E-state index is -0.168. The van der Waals surface area contributed by atoms with Crippen LogP contribution in [0, 0.1) is 0 Å². The van der Waals surface area contributed by atoms with Crippen molar-refractivity contribution in [3.8, 4) is 0 Å². The average molecular weight is 411 g/mol. The van der Waals surface area contributed by atoms with Crippen molar-refractivity contribution >= 4 is 28.0 Å². The zero-order valence-electron chi connectivity index (χ0n) is 16.0. The topological polar surface area (TPSA) is 104 Å². The van der Waals surface area contributed by atoms with Gasteiger partial charge in [0.25, 0.3) is 5.91 Å². The number of rotatable bonds is 6. The van der Waals surface area contributed by atoms with Gasteiger partial charge in [-0.15, -0.1) is 16.9 Å². The number of anilines is 1. The van der Waals surface area contributed by atoms with Crippen molar-refractivity contribution in [1.29, 1.82) is 0 Å². The van der Waals surface area contributed by atoms with E-state index in [4.69, 9.17) is 5.73 Å². The second-order valence-electron chi connectivity index (χ2n) is 7.38. The molecule has 1 aliphatic heterocycles. The molecule has 0 bridgehead atoms.